The number of halogens is 2. The Morgan fingerprint density at radius 1 is 1.16 bits per heavy atom. The minimum atomic E-state index is -3.02. The molecule has 0 saturated carbocycles. The number of allylic oxidation sites excluding steroid dienone is 1. The van der Waals surface area contributed by atoms with E-state index in [-0.39, 0.29) is 22.5 Å². The van der Waals surface area contributed by atoms with E-state index in [0.29, 0.717) is 33.1 Å². The summed E-state index contributed by atoms with van der Waals surface area (Å²) < 4.78 is 48.2. The largest absolute Gasteiger partial charge is 0.497 e. The smallest absolute Gasteiger partial charge is 0.387 e. The molecule has 11 heteroatoms. The molecule has 0 saturated heterocycles. The molecule has 3 aromatic rings. The first kappa shape index (κ1) is 26.1. The highest BCUT2D eigenvalue weighted by atomic mass is 32.1. The predicted molar refractivity (Wildman–Crippen MR) is 133 cm³/mol. The van der Waals surface area contributed by atoms with Crippen molar-refractivity contribution >= 4 is 23.4 Å². The van der Waals surface area contributed by atoms with E-state index < -0.39 is 24.2 Å². The van der Waals surface area contributed by atoms with Crippen LogP contribution in [0.25, 0.3) is 6.08 Å². The van der Waals surface area contributed by atoms with Crippen LogP contribution in [-0.4, -0.2) is 38.0 Å². The summed E-state index contributed by atoms with van der Waals surface area (Å²) in [5.41, 5.74) is 0.928. The number of alkyl halides is 2. The predicted octanol–water partition coefficient (Wildman–Crippen LogP) is 3.42. The van der Waals surface area contributed by atoms with Gasteiger partial charge in [-0.15, -0.1) is 0 Å². The van der Waals surface area contributed by atoms with Crippen LogP contribution in [0.1, 0.15) is 31.0 Å². The Morgan fingerprint density at radius 2 is 1.92 bits per heavy atom. The molecule has 0 N–H and O–H groups in total. The number of fused-ring (bicyclic) bond motifs is 1. The molecule has 1 aliphatic rings. The van der Waals surface area contributed by atoms with E-state index in [1.165, 1.54) is 30.9 Å². The first-order valence-corrected chi connectivity index (χ1v) is 12.1. The van der Waals surface area contributed by atoms with Gasteiger partial charge in [-0.25, -0.2) is 9.79 Å². The van der Waals surface area contributed by atoms with Crippen LogP contribution in [0.15, 0.2) is 63.5 Å². The monoisotopic (exact) mass is 530 g/mol. The number of carbonyl (C=O) groups excluding carboxylic acids is 1. The maximum absolute atomic E-state index is 13.7. The number of aromatic nitrogens is 1. The minimum Gasteiger partial charge on any atom is -0.497 e. The van der Waals surface area contributed by atoms with E-state index in [1.54, 1.807) is 50.2 Å². The Balaban J connectivity index is 1.98. The molecule has 0 amide bonds. The summed E-state index contributed by atoms with van der Waals surface area (Å²) in [5, 5.41) is 0. The highest BCUT2D eigenvalue weighted by Crippen LogP contribution is 2.37. The molecule has 1 aromatic heterocycles. The van der Waals surface area contributed by atoms with Crippen LogP contribution in [0, 0.1) is 0 Å². The number of thiazole rings is 1. The number of esters is 1. The number of rotatable bonds is 8. The van der Waals surface area contributed by atoms with Crippen LogP contribution in [-0.2, 0) is 9.53 Å². The molecule has 37 heavy (non-hydrogen) atoms. The van der Waals surface area contributed by atoms with Crippen molar-refractivity contribution in [2.75, 3.05) is 20.8 Å². The normalized spacial score (nSPS) is 15.3. The van der Waals surface area contributed by atoms with Crippen molar-refractivity contribution in [3.05, 3.63) is 84.5 Å². The molecule has 0 unspecified atom stereocenters. The second-order valence-electron chi connectivity index (χ2n) is 7.83. The molecular formula is C26H24F2N2O6S. The minimum absolute atomic E-state index is 0.0693. The third-order valence-electron chi connectivity index (χ3n) is 5.67. The zero-order valence-electron chi connectivity index (χ0n) is 20.5. The summed E-state index contributed by atoms with van der Waals surface area (Å²) in [7, 11) is 2.99. The van der Waals surface area contributed by atoms with Gasteiger partial charge in [0.2, 0.25) is 0 Å². The molecule has 0 spiro atoms. The number of hydrogen-bond donors (Lipinski definition) is 0. The zero-order valence-corrected chi connectivity index (χ0v) is 21.3. The van der Waals surface area contributed by atoms with Gasteiger partial charge in [0, 0.05) is 17.2 Å². The number of ether oxygens (including phenoxy) is 4. The van der Waals surface area contributed by atoms with Crippen molar-refractivity contribution in [2.45, 2.75) is 26.5 Å². The summed E-state index contributed by atoms with van der Waals surface area (Å²) in [6.07, 6.45) is 1.47. The van der Waals surface area contributed by atoms with Crippen LogP contribution < -0.4 is 29.1 Å². The molecule has 2 aromatic carbocycles. The number of carbonyl (C=O) groups is 1. The Kier molecular flexibility index (Phi) is 7.72. The summed E-state index contributed by atoms with van der Waals surface area (Å²) in [5.74, 6) is 0.241. The summed E-state index contributed by atoms with van der Waals surface area (Å²) in [4.78, 5) is 31.7. The average molecular weight is 531 g/mol. The molecule has 0 bridgehead atoms. The molecule has 2 heterocycles. The van der Waals surface area contributed by atoms with Gasteiger partial charge in [0.1, 0.15) is 23.3 Å². The number of methoxy groups -OCH3 is 2. The summed E-state index contributed by atoms with van der Waals surface area (Å²) in [6.45, 7) is 0.462. The summed E-state index contributed by atoms with van der Waals surface area (Å²) in [6, 6.07) is 10.3. The van der Waals surface area contributed by atoms with E-state index in [9.17, 15) is 18.4 Å². The molecule has 194 valence electrons. The highest BCUT2D eigenvalue weighted by Gasteiger charge is 2.35. The van der Waals surface area contributed by atoms with Crippen LogP contribution in [0.3, 0.4) is 0 Å². The SMILES string of the molecule is CCOC(=O)C1=C(C)N=c2s/c(=C/c3ccccc3OC(F)F)c(=O)n2[C@@H]1c1ccc(OC)cc1OC. The third kappa shape index (κ3) is 5.12. The van der Waals surface area contributed by atoms with Gasteiger partial charge in [-0.3, -0.25) is 9.36 Å². The van der Waals surface area contributed by atoms with Crippen molar-refractivity contribution in [3.63, 3.8) is 0 Å². The van der Waals surface area contributed by atoms with Crippen LogP contribution in [0.2, 0.25) is 0 Å². The second kappa shape index (κ2) is 11.0. The van der Waals surface area contributed by atoms with Gasteiger partial charge < -0.3 is 18.9 Å². The first-order valence-electron chi connectivity index (χ1n) is 11.2. The van der Waals surface area contributed by atoms with Crippen molar-refractivity contribution in [1.29, 1.82) is 0 Å². The van der Waals surface area contributed by atoms with Gasteiger partial charge in [0.15, 0.2) is 4.80 Å². The average Bonchev–Trinajstić information content (AvgIpc) is 3.18. The molecule has 0 radical (unpaired) electrons. The number of para-hydroxylation sites is 1. The topological polar surface area (TPSA) is 88.4 Å². The Bertz CT molecular complexity index is 1540. The molecule has 0 aliphatic carbocycles. The molecular weight excluding hydrogens is 506 g/mol. The lowest BCUT2D eigenvalue weighted by Crippen LogP contribution is -2.40. The van der Waals surface area contributed by atoms with Gasteiger partial charge in [-0.1, -0.05) is 29.5 Å². The highest BCUT2D eigenvalue weighted by molar-refractivity contribution is 7.07. The fraction of sp³-hybridized carbons (Fsp3) is 0.269. The number of nitrogens with zero attached hydrogens (tertiary/aromatic N) is 2. The molecule has 4 rings (SSSR count). The lowest BCUT2D eigenvalue weighted by Gasteiger charge is -2.26. The van der Waals surface area contributed by atoms with Crippen LogP contribution in [0.4, 0.5) is 8.78 Å². The fourth-order valence-corrected chi connectivity index (χ4v) is 5.11. The molecule has 8 nitrogen and oxygen atoms in total. The maximum atomic E-state index is 13.7. The van der Waals surface area contributed by atoms with E-state index in [2.05, 4.69) is 9.73 Å². The Morgan fingerprint density at radius 3 is 2.59 bits per heavy atom. The van der Waals surface area contributed by atoms with Gasteiger partial charge >= 0.3 is 12.6 Å². The number of hydrogen-bond acceptors (Lipinski definition) is 8. The van der Waals surface area contributed by atoms with E-state index in [4.69, 9.17) is 14.2 Å². The van der Waals surface area contributed by atoms with Gasteiger partial charge in [-0.05, 0) is 38.1 Å². The van der Waals surface area contributed by atoms with Crippen LogP contribution in [0.5, 0.6) is 17.2 Å². The van der Waals surface area contributed by atoms with E-state index >= 15 is 0 Å². The summed E-state index contributed by atoms with van der Waals surface area (Å²) >= 11 is 1.07. The lowest BCUT2D eigenvalue weighted by molar-refractivity contribution is -0.139. The maximum Gasteiger partial charge on any atom is 0.387 e. The van der Waals surface area contributed by atoms with Crippen LogP contribution >= 0.6 is 11.3 Å². The number of benzene rings is 2. The van der Waals surface area contributed by atoms with Gasteiger partial charge in [-0.2, -0.15) is 8.78 Å². The quantitative estimate of drug-likeness (QED) is 0.415. The Hall–Kier alpha value is -3.99. The van der Waals surface area contributed by atoms with E-state index in [0.717, 1.165) is 11.3 Å². The van der Waals surface area contributed by atoms with Crippen molar-refractivity contribution in [1.82, 2.24) is 4.57 Å². The zero-order chi connectivity index (χ0) is 26.7. The van der Waals surface area contributed by atoms with Gasteiger partial charge in [0.25, 0.3) is 5.56 Å². The molecule has 1 atom stereocenters. The lowest BCUT2D eigenvalue weighted by atomic mass is 9.95. The van der Waals surface area contributed by atoms with Gasteiger partial charge in [0.05, 0.1) is 36.6 Å². The van der Waals surface area contributed by atoms with Crippen molar-refractivity contribution in [2.24, 2.45) is 4.99 Å². The van der Waals surface area contributed by atoms with Crippen molar-refractivity contribution in [3.8, 4) is 17.2 Å². The molecule has 0 fully saturated rings. The third-order valence-corrected chi connectivity index (χ3v) is 6.66. The first-order chi connectivity index (χ1) is 17.8. The fourth-order valence-electron chi connectivity index (χ4n) is 4.07. The Labute approximate surface area is 214 Å². The van der Waals surface area contributed by atoms with Crippen molar-refractivity contribution < 1.29 is 32.5 Å². The molecule has 1 aliphatic heterocycles. The standard InChI is InChI=1S/C26H24F2N2O6S/c1-5-35-24(32)21-14(2)29-26-30(22(21)17-11-10-16(33-3)13-19(17)34-4)23(31)20(37-26)12-15-8-6-7-9-18(15)36-25(27)28/h6-13,22,25H,5H2,1-4H3/b20-12+/t22-/m1/s1. The second-order valence-corrected chi connectivity index (χ2v) is 8.84. The van der Waals surface area contributed by atoms with E-state index in [1.807, 2.05) is 0 Å².